The smallest absolute Gasteiger partial charge is 0.223 e. The topological polar surface area (TPSA) is 37.4 Å². The molecule has 0 aromatic heterocycles. The lowest BCUT2D eigenvalue weighted by molar-refractivity contribution is -0.127. The maximum atomic E-state index is 11.5. The zero-order valence-corrected chi connectivity index (χ0v) is 8.69. The number of likely N-dealkylation sites (tertiary alicyclic amines) is 1. The summed E-state index contributed by atoms with van der Waals surface area (Å²) in [6.07, 6.45) is 9.81. The van der Waals surface area contributed by atoms with E-state index < -0.39 is 0 Å². The SMILES string of the molecule is O=CC1CC(=O)N(CC2=CCCC=C2)C1. The van der Waals surface area contributed by atoms with Crippen molar-refractivity contribution in [3.8, 4) is 0 Å². The summed E-state index contributed by atoms with van der Waals surface area (Å²) in [5.41, 5.74) is 1.20. The second kappa shape index (κ2) is 4.43. The largest absolute Gasteiger partial charge is 0.338 e. The van der Waals surface area contributed by atoms with E-state index in [2.05, 4.69) is 18.2 Å². The Balaban J connectivity index is 1.95. The van der Waals surface area contributed by atoms with Crippen LogP contribution >= 0.6 is 0 Å². The van der Waals surface area contributed by atoms with Gasteiger partial charge in [0.2, 0.25) is 5.91 Å². The highest BCUT2D eigenvalue weighted by Crippen LogP contribution is 2.19. The fourth-order valence-corrected chi connectivity index (χ4v) is 2.05. The number of allylic oxidation sites excluding steroid dienone is 2. The molecule has 3 nitrogen and oxygen atoms in total. The minimum atomic E-state index is -0.0920. The molecule has 0 saturated carbocycles. The number of hydrogen-bond donors (Lipinski definition) is 0. The molecule has 80 valence electrons. The molecule has 1 amide bonds. The Morgan fingerprint density at radius 3 is 2.93 bits per heavy atom. The minimum Gasteiger partial charge on any atom is -0.338 e. The van der Waals surface area contributed by atoms with E-state index in [1.807, 2.05) is 0 Å². The normalized spacial score (nSPS) is 25.6. The van der Waals surface area contributed by atoms with E-state index in [1.54, 1.807) is 4.90 Å². The molecule has 1 aliphatic heterocycles. The number of amides is 1. The first-order chi connectivity index (χ1) is 7.29. The molecule has 0 N–H and O–H groups in total. The van der Waals surface area contributed by atoms with E-state index in [-0.39, 0.29) is 11.8 Å². The van der Waals surface area contributed by atoms with Crippen molar-refractivity contribution < 1.29 is 9.59 Å². The summed E-state index contributed by atoms with van der Waals surface area (Å²) in [4.78, 5) is 23.9. The van der Waals surface area contributed by atoms with Crippen LogP contribution < -0.4 is 0 Å². The van der Waals surface area contributed by atoms with Gasteiger partial charge in [0, 0.05) is 25.4 Å². The molecule has 2 rings (SSSR count). The van der Waals surface area contributed by atoms with E-state index >= 15 is 0 Å². The van der Waals surface area contributed by atoms with Gasteiger partial charge in [-0.2, -0.15) is 0 Å². The molecular formula is C12H15NO2. The Labute approximate surface area is 89.4 Å². The first kappa shape index (κ1) is 10.1. The summed E-state index contributed by atoms with van der Waals surface area (Å²) >= 11 is 0. The van der Waals surface area contributed by atoms with Crippen molar-refractivity contribution in [2.24, 2.45) is 5.92 Å². The molecule has 1 fully saturated rings. The van der Waals surface area contributed by atoms with Gasteiger partial charge in [0.05, 0.1) is 0 Å². The summed E-state index contributed by atoms with van der Waals surface area (Å²) in [7, 11) is 0. The molecule has 1 unspecified atom stereocenters. The highest BCUT2D eigenvalue weighted by molar-refractivity contribution is 5.83. The van der Waals surface area contributed by atoms with Crippen LogP contribution in [-0.4, -0.2) is 30.2 Å². The van der Waals surface area contributed by atoms with Crippen LogP contribution in [-0.2, 0) is 9.59 Å². The van der Waals surface area contributed by atoms with Crippen molar-refractivity contribution in [2.75, 3.05) is 13.1 Å². The van der Waals surface area contributed by atoms with Crippen molar-refractivity contribution in [3.05, 3.63) is 23.8 Å². The van der Waals surface area contributed by atoms with Gasteiger partial charge < -0.3 is 9.69 Å². The molecule has 1 aliphatic carbocycles. The highest BCUT2D eigenvalue weighted by atomic mass is 16.2. The van der Waals surface area contributed by atoms with Crippen molar-refractivity contribution in [1.82, 2.24) is 4.90 Å². The number of rotatable bonds is 3. The number of hydrogen-bond acceptors (Lipinski definition) is 2. The zero-order valence-electron chi connectivity index (χ0n) is 8.69. The van der Waals surface area contributed by atoms with Crippen molar-refractivity contribution in [2.45, 2.75) is 19.3 Å². The third kappa shape index (κ3) is 2.35. The van der Waals surface area contributed by atoms with Crippen LogP contribution in [0.15, 0.2) is 23.8 Å². The lowest BCUT2D eigenvalue weighted by Gasteiger charge is -2.17. The van der Waals surface area contributed by atoms with E-state index in [9.17, 15) is 9.59 Å². The summed E-state index contributed by atoms with van der Waals surface area (Å²) in [6.45, 7) is 1.26. The minimum absolute atomic E-state index is 0.0920. The molecule has 2 aliphatic rings. The van der Waals surface area contributed by atoms with E-state index in [0.29, 0.717) is 19.5 Å². The molecule has 0 aromatic rings. The van der Waals surface area contributed by atoms with E-state index in [1.165, 1.54) is 5.57 Å². The van der Waals surface area contributed by atoms with Crippen LogP contribution in [0, 0.1) is 5.92 Å². The van der Waals surface area contributed by atoms with E-state index in [0.717, 1.165) is 19.1 Å². The number of carbonyl (C=O) groups excluding carboxylic acids is 2. The van der Waals surface area contributed by atoms with Gasteiger partial charge in [0.25, 0.3) is 0 Å². The van der Waals surface area contributed by atoms with Gasteiger partial charge in [0.1, 0.15) is 6.29 Å². The second-order valence-electron chi connectivity index (χ2n) is 4.13. The van der Waals surface area contributed by atoms with Crippen LogP contribution in [0.3, 0.4) is 0 Å². The quantitative estimate of drug-likeness (QED) is 0.651. The first-order valence-corrected chi connectivity index (χ1v) is 5.38. The van der Waals surface area contributed by atoms with Gasteiger partial charge in [-0.15, -0.1) is 0 Å². The van der Waals surface area contributed by atoms with Gasteiger partial charge >= 0.3 is 0 Å². The third-order valence-corrected chi connectivity index (χ3v) is 2.88. The summed E-state index contributed by atoms with van der Waals surface area (Å²) in [5.74, 6) is 0.0117. The predicted molar refractivity (Wildman–Crippen MR) is 57.2 cm³/mol. The molecule has 0 radical (unpaired) electrons. The Bertz CT molecular complexity index is 331. The Morgan fingerprint density at radius 1 is 1.47 bits per heavy atom. The molecule has 1 atom stereocenters. The predicted octanol–water partition coefficient (Wildman–Crippen LogP) is 1.31. The highest BCUT2D eigenvalue weighted by Gasteiger charge is 2.29. The fraction of sp³-hybridized carbons (Fsp3) is 0.500. The standard InChI is InChI=1S/C12H15NO2/c14-9-11-6-12(15)13(8-11)7-10-4-2-1-3-5-10/h2,4-5,9,11H,1,3,6-8H2. The number of carbonyl (C=O) groups is 2. The van der Waals surface area contributed by atoms with Crippen molar-refractivity contribution in [1.29, 1.82) is 0 Å². The fourth-order valence-electron chi connectivity index (χ4n) is 2.05. The van der Waals surface area contributed by atoms with Gasteiger partial charge in [-0.1, -0.05) is 18.2 Å². The molecule has 0 bridgehead atoms. The van der Waals surface area contributed by atoms with Gasteiger partial charge in [-0.05, 0) is 18.4 Å². The lowest BCUT2D eigenvalue weighted by atomic mass is 10.1. The average Bonchev–Trinajstić information content (AvgIpc) is 2.61. The molecule has 1 heterocycles. The molecular weight excluding hydrogens is 190 g/mol. The monoisotopic (exact) mass is 205 g/mol. The Morgan fingerprint density at radius 2 is 2.33 bits per heavy atom. The van der Waals surface area contributed by atoms with Crippen molar-refractivity contribution >= 4 is 12.2 Å². The molecule has 3 heteroatoms. The summed E-state index contributed by atoms with van der Waals surface area (Å²) in [5, 5.41) is 0. The summed E-state index contributed by atoms with van der Waals surface area (Å²) < 4.78 is 0. The lowest BCUT2D eigenvalue weighted by Crippen LogP contribution is -2.27. The van der Waals surface area contributed by atoms with Crippen LogP contribution in [0.4, 0.5) is 0 Å². The average molecular weight is 205 g/mol. The van der Waals surface area contributed by atoms with Crippen LogP contribution in [0.25, 0.3) is 0 Å². The van der Waals surface area contributed by atoms with Gasteiger partial charge in [-0.25, -0.2) is 0 Å². The van der Waals surface area contributed by atoms with E-state index in [4.69, 9.17) is 0 Å². The van der Waals surface area contributed by atoms with Crippen molar-refractivity contribution in [3.63, 3.8) is 0 Å². The number of nitrogens with zero attached hydrogens (tertiary/aromatic N) is 1. The molecule has 1 saturated heterocycles. The number of aldehydes is 1. The molecule has 15 heavy (non-hydrogen) atoms. The van der Waals surface area contributed by atoms with Crippen LogP contribution in [0.1, 0.15) is 19.3 Å². The third-order valence-electron chi connectivity index (χ3n) is 2.88. The second-order valence-corrected chi connectivity index (χ2v) is 4.13. The summed E-state index contributed by atoms with van der Waals surface area (Å²) in [6, 6.07) is 0. The Hall–Kier alpha value is -1.38. The first-order valence-electron chi connectivity index (χ1n) is 5.38. The maximum absolute atomic E-state index is 11.5. The zero-order chi connectivity index (χ0) is 10.7. The molecule has 0 aromatic carbocycles. The van der Waals surface area contributed by atoms with Gasteiger partial charge in [0.15, 0.2) is 0 Å². The Kier molecular flexibility index (Phi) is 2.99. The molecule has 0 spiro atoms. The maximum Gasteiger partial charge on any atom is 0.223 e. The van der Waals surface area contributed by atoms with Crippen LogP contribution in [0.2, 0.25) is 0 Å². The van der Waals surface area contributed by atoms with Gasteiger partial charge in [-0.3, -0.25) is 4.79 Å². The van der Waals surface area contributed by atoms with Crippen LogP contribution in [0.5, 0.6) is 0 Å².